The van der Waals surface area contributed by atoms with Crippen LogP contribution in [0.3, 0.4) is 0 Å². The molecule has 0 aromatic carbocycles. The van der Waals surface area contributed by atoms with Crippen molar-refractivity contribution < 1.29 is 14.7 Å². The number of anilines is 1. The predicted molar refractivity (Wildman–Crippen MR) is 77.2 cm³/mol. The first-order chi connectivity index (χ1) is 9.95. The molecule has 2 aromatic rings. The summed E-state index contributed by atoms with van der Waals surface area (Å²) < 4.78 is 1.54. The van der Waals surface area contributed by atoms with Gasteiger partial charge in [-0.1, -0.05) is 0 Å². The highest BCUT2D eigenvalue weighted by molar-refractivity contribution is 6.04. The lowest BCUT2D eigenvalue weighted by Gasteiger charge is -2.16. The van der Waals surface area contributed by atoms with Gasteiger partial charge in [0.1, 0.15) is 11.6 Å². The highest BCUT2D eigenvalue weighted by Gasteiger charge is 2.20. The van der Waals surface area contributed by atoms with Crippen LogP contribution >= 0.6 is 0 Å². The maximum Gasteiger partial charge on any atom is 0.339 e. The van der Waals surface area contributed by atoms with Gasteiger partial charge in [-0.15, -0.1) is 0 Å². The molecule has 2 aromatic heterocycles. The van der Waals surface area contributed by atoms with Gasteiger partial charge in [-0.05, 0) is 13.8 Å². The van der Waals surface area contributed by atoms with E-state index in [1.807, 2.05) is 6.92 Å². The van der Waals surface area contributed by atoms with E-state index in [0.717, 1.165) is 0 Å². The monoisotopic (exact) mass is 291 g/mol. The minimum atomic E-state index is -1.11. The van der Waals surface area contributed by atoms with Crippen molar-refractivity contribution in [1.29, 1.82) is 0 Å². The Kier molecular flexibility index (Phi) is 4.06. The van der Waals surface area contributed by atoms with E-state index in [-0.39, 0.29) is 11.5 Å². The third-order valence-corrected chi connectivity index (χ3v) is 3.10. The quantitative estimate of drug-likeness (QED) is 0.744. The number of nitrogens with one attached hydrogen (secondary N) is 2. The molecule has 112 valence electrons. The zero-order chi connectivity index (χ0) is 15.6. The number of nitrogens with zero attached hydrogens (tertiary/aromatic N) is 3. The van der Waals surface area contributed by atoms with Crippen molar-refractivity contribution in [3.05, 3.63) is 18.0 Å². The SMILES string of the molecule is CCNC(=O)C(C)Nc1c(C(=O)O)cnc2c1cnn2C. The maximum absolute atomic E-state index is 11.8. The van der Waals surface area contributed by atoms with Crippen LogP contribution in [0.15, 0.2) is 12.4 Å². The molecule has 1 atom stereocenters. The van der Waals surface area contributed by atoms with Gasteiger partial charge < -0.3 is 15.7 Å². The van der Waals surface area contributed by atoms with Crippen molar-refractivity contribution in [2.24, 2.45) is 7.05 Å². The van der Waals surface area contributed by atoms with Crippen LogP contribution in [0.1, 0.15) is 24.2 Å². The number of amides is 1. The highest BCUT2D eigenvalue weighted by Crippen LogP contribution is 2.26. The first kappa shape index (κ1) is 14.8. The Labute approximate surface area is 121 Å². The number of carbonyl (C=O) groups is 2. The van der Waals surface area contributed by atoms with E-state index < -0.39 is 12.0 Å². The number of hydrogen-bond acceptors (Lipinski definition) is 5. The summed E-state index contributed by atoms with van der Waals surface area (Å²) in [6, 6.07) is -0.575. The zero-order valence-electron chi connectivity index (χ0n) is 12.0. The van der Waals surface area contributed by atoms with Crippen molar-refractivity contribution in [2.75, 3.05) is 11.9 Å². The molecular weight excluding hydrogens is 274 g/mol. The van der Waals surface area contributed by atoms with E-state index in [1.165, 1.54) is 12.4 Å². The second-order valence-corrected chi connectivity index (χ2v) is 4.62. The number of rotatable bonds is 5. The summed E-state index contributed by atoms with van der Waals surface area (Å²) >= 11 is 0. The Morgan fingerprint density at radius 1 is 1.43 bits per heavy atom. The molecule has 8 nitrogen and oxygen atoms in total. The largest absolute Gasteiger partial charge is 0.478 e. The summed E-state index contributed by atoms with van der Waals surface area (Å²) in [5, 5.41) is 19.5. The number of carbonyl (C=O) groups excluding carboxylic acids is 1. The molecule has 0 saturated heterocycles. The van der Waals surface area contributed by atoms with Gasteiger partial charge in [0.2, 0.25) is 5.91 Å². The van der Waals surface area contributed by atoms with Gasteiger partial charge in [0.15, 0.2) is 5.65 Å². The van der Waals surface area contributed by atoms with E-state index in [2.05, 4.69) is 20.7 Å². The maximum atomic E-state index is 11.8. The molecule has 0 fully saturated rings. The zero-order valence-corrected chi connectivity index (χ0v) is 12.0. The van der Waals surface area contributed by atoms with E-state index >= 15 is 0 Å². The van der Waals surface area contributed by atoms with E-state index in [0.29, 0.717) is 23.3 Å². The highest BCUT2D eigenvalue weighted by atomic mass is 16.4. The predicted octanol–water partition coefficient (Wildman–Crippen LogP) is 0.603. The third kappa shape index (κ3) is 2.78. The van der Waals surface area contributed by atoms with E-state index in [9.17, 15) is 14.7 Å². The van der Waals surface area contributed by atoms with E-state index in [4.69, 9.17) is 0 Å². The molecule has 0 radical (unpaired) electrons. The minimum absolute atomic E-state index is 0.00616. The molecule has 1 unspecified atom stereocenters. The van der Waals surface area contributed by atoms with Gasteiger partial charge >= 0.3 is 5.97 Å². The average molecular weight is 291 g/mol. The van der Waals surface area contributed by atoms with Crippen LogP contribution < -0.4 is 10.6 Å². The van der Waals surface area contributed by atoms with Crippen LogP contribution in [0.25, 0.3) is 11.0 Å². The molecule has 2 rings (SSSR count). The van der Waals surface area contributed by atoms with Gasteiger partial charge in [-0.3, -0.25) is 9.48 Å². The summed E-state index contributed by atoms with van der Waals surface area (Å²) in [6.45, 7) is 3.99. The fourth-order valence-corrected chi connectivity index (χ4v) is 2.02. The molecule has 8 heteroatoms. The lowest BCUT2D eigenvalue weighted by molar-refractivity contribution is -0.121. The van der Waals surface area contributed by atoms with Gasteiger partial charge in [0.05, 0.1) is 17.3 Å². The Bertz CT molecular complexity index is 694. The summed E-state index contributed by atoms with van der Waals surface area (Å²) in [7, 11) is 1.72. The molecular formula is C13H17N5O3. The van der Waals surface area contributed by atoms with Crippen LogP contribution in [-0.2, 0) is 11.8 Å². The van der Waals surface area contributed by atoms with Crippen molar-refractivity contribution in [3.8, 4) is 0 Å². The second kappa shape index (κ2) is 5.78. The van der Waals surface area contributed by atoms with Gasteiger partial charge in [0, 0.05) is 19.8 Å². The molecule has 21 heavy (non-hydrogen) atoms. The number of aromatic nitrogens is 3. The molecule has 0 aliphatic carbocycles. The third-order valence-electron chi connectivity index (χ3n) is 3.10. The fraction of sp³-hybridized carbons (Fsp3) is 0.385. The van der Waals surface area contributed by atoms with Gasteiger partial charge in [-0.2, -0.15) is 5.10 Å². The van der Waals surface area contributed by atoms with Crippen molar-refractivity contribution in [3.63, 3.8) is 0 Å². The molecule has 1 amide bonds. The molecule has 0 aliphatic rings. The normalized spacial score (nSPS) is 12.1. The Morgan fingerprint density at radius 3 is 2.76 bits per heavy atom. The number of carboxylic acids is 1. The lowest BCUT2D eigenvalue weighted by Crippen LogP contribution is -2.37. The Hall–Kier alpha value is -2.64. The molecule has 2 heterocycles. The summed E-state index contributed by atoms with van der Waals surface area (Å²) in [6.07, 6.45) is 2.79. The number of likely N-dealkylation sites (N-methyl/N-ethyl adjacent to an activating group) is 1. The Morgan fingerprint density at radius 2 is 2.14 bits per heavy atom. The molecule has 0 spiro atoms. The van der Waals surface area contributed by atoms with Crippen LogP contribution in [0.5, 0.6) is 0 Å². The molecule has 0 aliphatic heterocycles. The van der Waals surface area contributed by atoms with Crippen LogP contribution in [0.4, 0.5) is 5.69 Å². The number of aromatic carboxylic acids is 1. The summed E-state index contributed by atoms with van der Waals surface area (Å²) in [4.78, 5) is 27.2. The first-order valence-corrected chi connectivity index (χ1v) is 6.54. The topological polar surface area (TPSA) is 109 Å². The van der Waals surface area contributed by atoms with Crippen LogP contribution in [0, 0.1) is 0 Å². The molecule has 0 bridgehead atoms. The number of fused-ring (bicyclic) bond motifs is 1. The number of pyridine rings is 1. The second-order valence-electron chi connectivity index (χ2n) is 4.62. The van der Waals surface area contributed by atoms with Crippen molar-refractivity contribution >= 4 is 28.6 Å². The first-order valence-electron chi connectivity index (χ1n) is 6.54. The van der Waals surface area contributed by atoms with Gasteiger partial charge in [0.25, 0.3) is 0 Å². The van der Waals surface area contributed by atoms with Crippen LogP contribution in [0.2, 0.25) is 0 Å². The van der Waals surface area contributed by atoms with Crippen LogP contribution in [-0.4, -0.2) is 44.3 Å². The summed E-state index contributed by atoms with van der Waals surface area (Å²) in [5.74, 6) is -1.32. The fourth-order valence-electron chi connectivity index (χ4n) is 2.02. The van der Waals surface area contributed by atoms with Gasteiger partial charge in [-0.25, -0.2) is 9.78 Å². The number of hydrogen-bond donors (Lipinski definition) is 3. The number of aryl methyl sites for hydroxylation is 1. The molecule has 3 N–H and O–H groups in total. The summed E-state index contributed by atoms with van der Waals surface area (Å²) in [5.41, 5.74) is 0.900. The minimum Gasteiger partial charge on any atom is -0.478 e. The van der Waals surface area contributed by atoms with Crippen molar-refractivity contribution in [2.45, 2.75) is 19.9 Å². The molecule has 0 saturated carbocycles. The van der Waals surface area contributed by atoms with E-state index in [1.54, 1.807) is 18.7 Å². The van der Waals surface area contributed by atoms with Crippen molar-refractivity contribution in [1.82, 2.24) is 20.1 Å². The Balaban J connectivity index is 2.47. The average Bonchev–Trinajstić information content (AvgIpc) is 2.81. The standard InChI is InChI=1S/C13H17N5O3/c1-4-14-12(19)7(2)17-10-8-6-16-18(3)11(8)15-5-9(10)13(20)21/h5-7H,4H2,1-3H3,(H,14,19)(H,15,17)(H,20,21). The lowest BCUT2D eigenvalue weighted by atomic mass is 10.1. The number of carboxylic acid groups (broad SMARTS) is 1. The smallest absolute Gasteiger partial charge is 0.339 e.